The van der Waals surface area contributed by atoms with Crippen LogP contribution in [0.15, 0.2) is 65.1 Å². The van der Waals surface area contributed by atoms with Crippen molar-refractivity contribution in [1.82, 2.24) is 5.32 Å². The molecule has 30 heavy (non-hydrogen) atoms. The number of benzene rings is 3. The van der Waals surface area contributed by atoms with Crippen LogP contribution in [0, 0.1) is 0 Å². The lowest BCUT2D eigenvalue weighted by molar-refractivity contribution is -0.123. The molecule has 0 unspecified atom stereocenters. The third-order valence-electron chi connectivity index (χ3n) is 5.00. The van der Waals surface area contributed by atoms with Crippen LogP contribution in [-0.4, -0.2) is 26.7 Å². The summed E-state index contributed by atoms with van der Waals surface area (Å²) < 4.78 is 22.2. The van der Waals surface area contributed by atoms with Crippen molar-refractivity contribution in [2.45, 2.75) is 13.0 Å². The molecule has 6 heteroatoms. The third-order valence-corrected chi connectivity index (χ3v) is 5.00. The number of hydrogen-bond donors (Lipinski definition) is 1. The summed E-state index contributed by atoms with van der Waals surface area (Å²) in [5.41, 5.74) is 2.44. The van der Waals surface area contributed by atoms with Gasteiger partial charge in [0.2, 0.25) is 0 Å². The predicted octanol–water partition coefficient (Wildman–Crippen LogP) is 4.86. The summed E-state index contributed by atoms with van der Waals surface area (Å²) >= 11 is 0. The number of carbonyl (C=O) groups is 1. The Morgan fingerprint density at radius 2 is 1.70 bits per heavy atom. The predicted molar refractivity (Wildman–Crippen MR) is 115 cm³/mol. The number of para-hydroxylation sites is 1. The summed E-state index contributed by atoms with van der Waals surface area (Å²) in [7, 11) is 3.20. The summed E-state index contributed by atoms with van der Waals surface area (Å²) in [5, 5.41) is 4.91. The van der Waals surface area contributed by atoms with Gasteiger partial charge in [-0.15, -0.1) is 0 Å². The molecule has 0 bridgehead atoms. The van der Waals surface area contributed by atoms with E-state index in [1.807, 2.05) is 61.5 Å². The summed E-state index contributed by atoms with van der Waals surface area (Å²) in [5.74, 6) is 1.76. The molecule has 0 saturated heterocycles. The summed E-state index contributed by atoms with van der Waals surface area (Å²) in [6.45, 7) is 1.79. The van der Waals surface area contributed by atoms with Crippen LogP contribution in [0.5, 0.6) is 17.2 Å². The first-order valence-corrected chi connectivity index (χ1v) is 9.64. The monoisotopic (exact) mass is 405 g/mol. The molecule has 1 aromatic heterocycles. The van der Waals surface area contributed by atoms with E-state index in [-0.39, 0.29) is 18.6 Å². The Labute approximate surface area is 174 Å². The molecule has 4 rings (SSSR count). The third kappa shape index (κ3) is 3.89. The number of fused-ring (bicyclic) bond motifs is 3. The van der Waals surface area contributed by atoms with Gasteiger partial charge in [0.15, 0.2) is 6.61 Å². The van der Waals surface area contributed by atoms with Gasteiger partial charge in [0, 0.05) is 16.3 Å². The lowest BCUT2D eigenvalue weighted by Gasteiger charge is -2.18. The van der Waals surface area contributed by atoms with Crippen molar-refractivity contribution in [2.24, 2.45) is 0 Å². The number of nitrogens with one attached hydrogen (secondary N) is 1. The van der Waals surface area contributed by atoms with E-state index in [0.29, 0.717) is 17.2 Å². The molecule has 0 spiro atoms. The molecule has 154 valence electrons. The minimum Gasteiger partial charge on any atom is -0.497 e. The number of methoxy groups -OCH3 is 2. The molecule has 1 atom stereocenters. The summed E-state index contributed by atoms with van der Waals surface area (Å²) in [6, 6.07) is 18.6. The molecule has 0 fully saturated rings. The fraction of sp³-hybridized carbons (Fsp3) is 0.208. The van der Waals surface area contributed by atoms with Crippen molar-refractivity contribution in [2.75, 3.05) is 20.8 Å². The average Bonchev–Trinajstić information content (AvgIpc) is 3.15. The van der Waals surface area contributed by atoms with Gasteiger partial charge in [-0.1, -0.05) is 18.2 Å². The van der Waals surface area contributed by atoms with Crippen LogP contribution in [0.1, 0.15) is 18.5 Å². The van der Waals surface area contributed by atoms with Gasteiger partial charge in [-0.05, 0) is 49.4 Å². The number of ether oxygens (including phenoxy) is 3. The van der Waals surface area contributed by atoms with Gasteiger partial charge in [0.1, 0.15) is 28.4 Å². The highest BCUT2D eigenvalue weighted by Gasteiger charge is 2.16. The second-order valence-electron chi connectivity index (χ2n) is 6.94. The highest BCUT2D eigenvalue weighted by Crippen LogP contribution is 2.31. The minimum atomic E-state index is -0.272. The summed E-state index contributed by atoms with van der Waals surface area (Å²) in [4.78, 5) is 12.5. The molecule has 1 N–H and O–H groups in total. The van der Waals surface area contributed by atoms with E-state index in [1.165, 1.54) is 0 Å². The maximum atomic E-state index is 12.5. The molecular formula is C24H23NO5. The molecule has 0 aliphatic rings. The first-order valence-electron chi connectivity index (χ1n) is 9.64. The van der Waals surface area contributed by atoms with Crippen LogP contribution in [0.4, 0.5) is 0 Å². The van der Waals surface area contributed by atoms with Gasteiger partial charge < -0.3 is 23.9 Å². The number of hydrogen-bond acceptors (Lipinski definition) is 5. The normalized spacial score (nSPS) is 12.0. The SMILES string of the molecule is COc1ccc(OC)c([C@H](C)NC(=O)COc2ccc3oc4ccccc4c3c2)c1. The minimum absolute atomic E-state index is 0.0993. The van der Waals surface area contributed by atoms with Gasteiger partial charge in [-0.3, -0.25) is 4.79 Å². The van der Waals surface area contributed by atoms with Crippen molar-refractivity contribution in [3.63, 3.8) is 0 Å². The van der Waals surface area contributed by atoms with Crippen molar-refractivity contribution in [3.8, 4) is 17.2 Å². The second kappa shape index (κ2) is 8.37. The van der Waals surface area contributed by atoms with Crippen molar-refractivity contribution < 1.29 is 23.4 Å². The number of furan rings is 1. The topological polar surface area (TPSA) is 69.9 Å². The number of rotatable bonds is 7. The molecule has 0 aliphatic heterocycles. The average molecular weight is 405 g/mol. The highest BCUT2D eigenvalue weighted by atomic mass is 16.5. The Hall–Kier alpha value is -3.67. The zero-order chi connectivity index (χ0) is 21.1. The number of carbonyl (C=O) groups excluding carboxylic acids is 1. The van der Waals surface area contributed by atoms with Gasteiger partial charge >= 0.3 is 0 Å². The Morgan fingerprint density at radius 3 is 2.50 bits per heavy atom. The Kier molecular flexibility index (Phi) is 5.48. The van der Waals surface area contributed by atoms with Gasteiger partial charge in [-0.2, -0.15) is 0 Å². The molecule has 6 nitrogen and oxygen atoms in total. The molecule has 0 saturated carbocycles. The quantitative estimate of drug-likeness (QED) is 0.476. The van der Waals surface area contributed by atoms with Crippen LogP contribution < -0.4 is 19.5 Å². The number of amides is 1. The van der Waals surface area contributed by atoms with Crippen LogP contribution in [0.3, 0.4) is 0 Å². The van der Waals surface area contributed by atoms with Gasteiger partial charge in [0.05, 0.1) is 20.3 Å². The largest absolute Gasteiger partial charge is 0.497 e. The summed E-state index contributed by atoms with van der Waals surface area (Å²) in [6.07, 6.45) is 0. The van der Waals surface area contributed by atoms with Crippen LogP contribution in [-0.2, 0) is 4.79 Å². The van der Waals surface area contributed by atoms with E-state index in [9.17, 15) is 4.79 Å². The van der Waals surface area contributed by atoms with Crippen LogP contribution >= 0.6 is 0 Å². The Morgan fingerprint density at radius 1 is 0.933 bits per heavy atom. The molecule has 1 amide bonds. The molecule has 0 aliphatic carbocycles. The maximum absolute atomic E-state index is 12.5. The lowest BCUT2D eigenvalue weighted by atomic mass is 10.1. The fourth-order valence-electron chi connectivity index (χ4n) is 3.48. The van der Waals surface area contributed by atoms with E-state index in [0.717, 1.165) is 27.5 Å². The Balaban J connectivity index is 1.44. The molecule has 4 aromatic rings. The highest BCUT2D eigenvalue weighted by molar-refractivity contribution is 6.05. The van der Waals surface area contributed by atoms with Crippen molar-refractivity contribution >= 4 is 27.8 Å². The fourth-order valence-corrected chi connectivity index (χ4v) is 3.48. The maximum Gasteiger partial charge on any atom is 0.258 e. The van der Waals surface area contributed by atoms with E-state index in [1.54, 1.807) is 20.3 Å². The van der Waals surface area contributed by atoms with E-state index in [2.05, 4.69) is 5.32 Å². The van der Waals surface area contributed by atoms with Crippen molar-refractivity contribution in [3.05, 3.63) is 66.2 Å². The zero-order valence-electron chi connectivity index (χ0n) is 17.1. The molecular weight excluding hydrogens is 382 g/mol. The van der Waals surface area contributed by atoms with Crippen molar-refractivity contribution in [1.29, 1.82) is 0 Å². The van der Waals surface area contributed by atoms with Crippen LogP contribution in [0.25, 0.3) is 21.9 Å². The van der Waals surface area contributed by atoms with Gasteiger partial charge in [0.25, 0.3) is 5.91 Å². The lowest BCUT2D eigenvalue weighted by Crippen LogP contribution is -2.31. The smallest absolute Gasteiger partial charge is 0.258 e. The van der Waals surface area contributed by atoms with Crippen LogP contribution in [0.2, 0.25) is 0 Å². The molecule has 3 aromatic carbocycles. The molecule has 1 heterocycles. The van der Waals surface area contributed by atoms with Gasteiger partial charge in [-0.25, -0.2) is 0 Å². The zero-order valence-corrected chi connectivity index (χ0v) is 17.1. The Bertz CT molecular complexity index is 1200. The van der Waals surface area contributed by atoms with E-state index < -0.39 is 0 Å². The molecule has 0 radical (unpaired) electrons. The van der Waals surface area contributed by atoms with E-state index >= 15 is 0 Å². The second-order valence-corrected chi connectivity index (χ2v) is 6.94. The first kappa shape index (κ1) is 19.6. The standard InChI is InChI=1S/C24H23NO5/c1-15(19-12-16(27-2)8-10-21(19)28-3)25-24(26)14-29-17-9-11-23-20(13-17)18-6-4-5-7-22(18)30-23/h4-13,15H,14H2,1-3H3,(H,25,26)/t15-/m0/s1. The van der Waals surface area contributed by atoms with E-state index in [4.69, 9.17) is 18.6 Å². The first-order chi connectivity index (χ1) is 14.6.